The lowest BCUT2D eigenvalue weighted by atomic mass is 9.98. The van der Waals surface area contributed by atoms with Gasteiger partial charge >= 0.3 is 0 Å². The van der Waals surface area contributed by atoms with Gasteiger partial charge in [0, 0.05) is 23.6 Å². The van der Waals surface area contributed by atoms with Gasteiger partial charge in [-0.05, 0) is 45.7 Å². The zero-order chi connectivity index (χ0) is 11.3. The second-order valence-electron chi connectivity index (χ2n) is 4.75. The Hall–Kier alpha value is 0.140. The largest absolute Gasteiger partial charge is 0.316 e. The van der Waals surface area contributed by atoms with Gasteiger partial charge in [0.2, 0.25) is 0 Å². The molecule has 0 aromatic rings. The Bertz CT molecular complexity index is 198. The van der Waals surface area contributed by atoms with Gasteiger partial charge < -0.3 is 5.32 Å². The topological polar surface area (TPSA) is 15.3 Å². The Morgan fingerprint density at radius 1 is 1.60 bits per heavy atom. The van der Waals surface area contributed by atoms with Crippen LogP contribution in [0, 0.1) is 5.92 Å². The van der Waals surface area contributed by atoms with Crippen molar-refractivity contribution in [2.45, 2.75) is 32.7 Å². The summed E-state index contributed by atoms with van der Waals surface area (Å²) in [7, 11) is 0. The molecule has 0 aromatic carbocycles. The molecule has 1 unspecified atom stereocenters. The highest BCUT2D eigenvalue weighted by Gasteiger charge is 2.18. The van der Waals surface area contributed by atoms with E-state index in [-0.39, 0.29) is 0 Å². The summed E-state index contributed by atoms with van der Waals surface area (Å²) in [5.74, 6) is 0.813. The molecule has 1 aliphatic heterocycles. The van der Waals surface area contributed by atoms with Crippen molar-refractivity contribution in [2.75, 3.05) is 26.2 Å². The molecule has 1 rings (SSSR count). The van der Waals surface area contributed by atoms with Crippen molar-refractivity contribution in [3.63, 3.8) is 0 Å². The Morgan fingerprint density at radius 2 is 2.33 bits per heavy atom. The first-order chi connectivity index (χ1) is 7.09. The van der Waals surface area contributed by atoms with Crippen molar-refractivity contribution in [3.05, 3.63) is 11.1 Å². The number of halogens is 1. The van der Waals surface area contributed by atoms with E-state index in [1.807, 2.05) is 0 Å². The summed E-state index contributed by atoms with van der Waals surface area (Å²) < 4.78 is 1.08. The zero-order valence-corrected chi connectivity index (χ0v) is 11.5. The molecule has 0 amide bonds. The molecule has 1 atom stereocenters. The van der Waals surface area contributed by atoms with Crippen molar-refractivity contribution in [1.29, 1.82) is 0 Å². The van der Waals surface area contributed by atoms with Crippen molar-refractivity contribution >= 4 is 15.9 Å². The quantitative estimate of drug-likeness (QED) is 0.829. The lowest BCUT2D eigenvalue weighted by molar-refractivity contribution is 0.187. The lowest BCUT2D eigenvalue weighted by Crippen LogP contribution is -2.41. The minimum Gasteiger partial charge on any atom is -0.316 e. The van der Waals surface area contributed by atoms with E-state index in [0.29, 0.717) is 6.04 Å². The number of rotatable bonds is 5. The van der Waals surface area contributed by atoms with Crippen LogP contribution in [0.15, 0.2) is 11.1 Å². The van der Waals surface area contributed by atoms with Crippen LogP contribution in [0.3, 0.4) is 0 Å². The van der Waals surface area contributed by atoms with Gasteiger partial charge in [-0.25, -0.2) is 0 Å². The minimum absolute atomic E-state index is 0.598. The molecule has 1 aliphatic rings. The second-order valence-corrected chi connectivity index (χ2v) is 5.87. The van der Waals surface area contributed by atoms with Gasteiger partial charge in [0.05, 0.1) is 0 Å². The third kappa shape index (κ3) is 5.14. The Balaban J connectivity index is 2.38. The summed E-state index contributed by atoms with van der Waals surface area (Å²) in [6, 6.07) is 0.598. The fraction of sp³-hybridized carbons (Fsp3) is 0.833. The lowest BCUT2D eigenvalue weighted by Gasteiger charge is -2.32. The monoisotopic (exact) mass is 274 g/mol. The van der Waals surface area contributed by atoms with Gasteiger partial charge in [-0.2, -0.15) is 0 Å². The first-order valence-corrected chi connectivity index (χ1v) is 6.67. The van der Waals surface area contributed by atoms with Gasteiger partial charge in [0.15, 0.2) is 0 Å². The van der Waals surface area contributed by atoms with Gasteiger partial charge in [0.25, 0.3) is 0 Å². The highest BCUT2D eigenvalue weighted by molar-refractivity contribution is 9.11. The van der Waals surface area contributed by atoms with Gasteiger partial charge in [-0.15, -0.1) is 0 Å². The second kappa shape index (κ2) is 6.66. The van der Waals surface area contributed by atoms with Crippen molar-refractivity contribution in [2.24, 2.45) is 5.92 Å². The van der Waals surface area contributed by atoms with E-state index < -0.39 is 0 Å². The summed E-state index contributed by atoms with van der Waals surface area (Å²) in [6.45, 7) is 13.0. The molecule has 1 fully saturated rings. The summed E-state index contributed by atoms with van der Waals surface area (Å²) >= 11 is 3.46. The highest BCUT2D eigenvalue weighted by atomic mass is 79.9. The zero-order valence-electron chi connectivity index (χ0n) is 9.93. The number of piperidine rings is 1. The van der Waals surface area contributed by atoms with E-state index in [1.54, 1.807) is 0 Å². The highest BCUT2D eigenvalue weighted by Crippen LogP contribution is 2.15. The molecule has 1 saturated heterocycles. The summed E-state index contributed by atoms with van der Waals surface area (Å²) in [4.78, 5) is 2.49. The van der Waals surface area contributed by atoms with Crippen LogP contribution in [0.4, 0.5) is 0 Å². The molecule has 0 spiro atoms. The Morgan fingerprint density at radius 3 is 2.80 bits per heavy atom. The maximum absolute atomic E-state index is 3.93. The smallest absolute Gasteiger partial charge is 0.0296 e. The number of hydrogen-bond acceptors (Lipinski definition) is 2. The number of hydrogen-bond donors (Lipinski definition) is 1. The average Bonchev–Trinajstić information content (AvgIpc) is 2.17. The van der Waals surface area contributed by atoms with Crippen LogP contribution in [0.5, 0.6) is 0 Å². The van der Waals surface area contributed by atoms with E-state index >= 15 is 0 Å². The third-order valence-electron chi connectivity index (χ3n) is 3.00. The van der Waals surface area contributed by atoms with Crippen LogP contribution in [-0.2, 0) is 0 Å². The maximum Gasteiger partial charge on any atom is 0.0296 e. The molecule has 0 saturated carbocycles. The van der Waals surface area contributed by atoms with Crippen LogP contribution < -0.4 is 5.32 Å². The summed E-state index contributed by atoms with van der Waals surface area (Å²) in [6.07, 6.45) is 2.69. The Labute approximate surface area is 102 Å². The van der Waals surface area contributed by atoms with Crippen molar-refractivity contribution in [1.82, 2.24) is 10.2 Å². The van der Waals surface area contributed by atoms with Crippen LogP contribution in [0.2, 0.25) is 0 Å². The fourth-order valence-electron chi connectivity index (χ4n) is 2.09. The van der Waals surface area contributed by atoms with Crippen LogP contribution in [0.25, 0.3) is 0 Å². The Kier molecular flexibility index (Phi) is 5.87. The van der Waals surface area contributed by atoms with E-state index in [9.17, 15) is 0 Å². The maximum atomic E-state index is 3.93. The molecule has 1 N–H and O–H groups in total. The first-order valence-electron chi connectivity index (χ1n) is 5.87. The molecule has 88 valence electrons. The van der Waals surface area contributed by atoms with E-state index in [4.69, 9.17) is 0 Å². The molecular weight excluding hydrogens is 252 g/mol. The van der Waals surface area contributed by atoms with E-state index in [0.717, 1.165) is 16.9 Å². The van der Waals surface area contributed by atoms with Crippen LogP contribution in [-0.4, -0.2) is 37.1 Å². The fourth-order valence-corrected chi connectivity index (χ4v) is 2.41. The molecule has 15 heavy (non-hydrogen) atoms. The molecule has 0 radical (unpaired) electrons. The van der Waals surface area contributed by atoms with E-state index in [2.05, 4.69) is 46.6 Å². The van der Waals surface area contributed by atoms with Gasteiger partial charge in [-0.3, -0.25) is 4.90 Å². The molecule has 0 aromatic heterocycles. The molecule has 3 heteroatoms. The van der Waals surface area contributed by atoms with Crippen LogP contribution >= 0.6 is 15.9 Å². The first kappa shape index (κ1) is 13.2. The average molecular weight is 275 g/mol. The normalized spacial score (nSPS) is 22.3. The standard InChI is InChI=1S/C12H23BrN2/c1-10(2)15(8-11(3)13)9-12-5-4-6-14-7-12/h10,12,14H,3-9H2,1-2H3. The summed E-state index contributed by atoms with van der Waals surface area (Å²) in [5, 5.41) is 3.47. The number of nitrogens with one attached hydrogen (secondary N) is 1. The van der Waals surface area contributed by atoms with Crippen molar-refractivity contribution < 1.29 is 0 Å². The van der Waals surface area contributed by atoms with Crippen LogP contribution in [0.1, 0.15) is 26.7 Å². The SMILES string of the molecule is C=C(Br)CN(CC1CCCNC1)C(C)C. The molecule has 2 nitrogen and oxygen atoms in total. The molecule has 0 bridgehead atoms. The predicted octanol–water partition coefficient (Wildman–Crippen LogP) is 2.61. The molecule has 0 aliphatic carbocycles. The van der Waals surface area contributed by atoms with Crippen molar-refractivity contribution in [3.8, 4) is 0 Å². The third-order valence-corrected chi connectivity index (χ3v) is 3.25. The summed E-state index contributed by atoms with van der Waals surface area (Å²) in [5.41, 5.74) is 0. The number of nitrogens with zero attached hydrogens (tertiary/aromatic N) is 1. The minimum atomic E-state index is 0.598. The molecular formula is C12H23BrN2. The van der Waals surface area contributed by atoms with Gasteiger partial charge in [0.1, 0.15) is 0 Å². The predicted molar refractivity (Wildman–Crippen MR) is 70.4 cm³/mol. The molecule has 1 heterocycles. The van der Waals surface area contributed by atoms with Gasteiger partial charge in [-0.1, -0.05) is 22.5 Å². The van der Waals surface area contributed by atoms with E-state index in [1.165, 1.54) is 32.5 Å².